The van der Waals surface area contributed by atoms with Crippen molar-refractivity contribution < 1.29 is 38.1 Å². The number of carbonyl (C=O) groups is 2. The Morgan fingerprint density at radius 2 is 1.56 bits per heavy atom. The van der Waals surface area contributed by atoms with Crippen molar-refractivity contribution in [1.29, 1.82) is 0 Å². The maximum Gasteiger partial charge on any atom is 0.339 e. The van der Waals surface area contributed by atoms with Gasteiger partial charge in [0.2, 0.25) is 0 Å². The van der Waals surface area contributed by atoms with Gasteiger partial charge in [-0.25, -0.2) is 9.59 Å². The SMILES string of the molecule is COCC(CCO)c1cc2ccc3c(c2oc1=O)C1OC(=O)CC(CCc2cccc(Cc4ccccc4)c2)Cc2ccc(cc2)CCC(=C(C)C)C(=O)OC1C(C)(C1CCCC1)O3. The van der Waals surface area contributed by atoms with Crippen molar-refractivity contribution in [2.75, 3.05) is 20.3 Å². The minimum Gasteiger partial charge on any atom is -0.483 e. The van der Waals surface area contributed by atoms with Crippen LogP contribution in [0.1, 0.15) is 123 Å². The van der Waals surface area contributed by atoms with Crippen LogP contribution in [0, 0.1) is 11.8 Å². The predicted octanol–water partition coefficient (Wildman–Crippen LogP) is 10.5. The second kappa shape index (κ2) is 20.1. The lowest BCUT2D eigenvalue weighted by atomic mass is 9.76. The van der Waals surface area contributed by atoms with Crippen LogP contribution in [0.15, 0.2) is 117 Å². The van der Waals surface area contributed by atoms with Crippen molar-refractivity contribution in [2.45, 2.75) is 122 Å². The summed E-state index contributed by atoms with van der Waals surface area (Å²) in [6.07, 6.45) is 6.13. The second-order valence-electron chi connectivity index (χ2n) is 18.6. The Balaban J connectivity index is 1.20. The number of carbonyl (C=O) groups excluding carboxylic acids is 2. The number of allylic oxidation sites excluding steroid dienone is 1. The molecule has 5 aromatic rings. The fourth-order valence-corrected chi connectivity index (χ4v) is 10.4. The van der Waals surface area contributed by atoms with Crippen molar-refractivity contribution >= 4 is 22.9 Å². The number of aliphatic hydroxyl groups is 1. The Labute approximate surface area is 376 Å². The van der Waals surface area contributed by atoms with Crippen molar-refractivity contribution in [3.05, 3.63) is 158 Å². The summed E-state index contributed by atoms with van der Waals surface area (Å²) >= 11 is 0. The second-order valence-corrected chi connectivity index (χ2v) is 18.6. The topological polar surface area (TPSA) is 122 Å². The smallest absolute Gasteiger partial charge is 0.339 e. The summed E-state index contributed by atoms with van der Waals surface area (Å²) < 4.78 is 32.1. The van der Waals surface area contributed by atoms with Gasteiger partial charge in [0.1, 0.15) is 16.9 Å². The lowest BCUT2D eigenvalue weighted by molar-refractivity contribution is -0.199. The number of benzene rings is 4. The van der Waals surface area contributed by atoms with E-state index in [1.807, 2.05) is 39.0 Å². The molecule has 0 amide bonds. The quantitative estimate of drug-likeness (QED) is 0.0786. The summed E-state index contributed by atoms with van der Waals surface area (Å²) in [5.41, 5.74) is 6.68. The Kier molecular flexibility index (Phi) is 14.2. The molecule has 1 saturated carbocycles. The Morgan fingerprint density at radius 3 is 2.30 bits per heavy atom. The van der Waals surface area contributed by atoms with Gasteiger partial charge in [-0.05, 0) is 130 Å². The number of aliphatic hydroxyl groups excluding tert-OH is 1. The molecule has 0 saturated heterocycles. The summed E-state index contributed by atoms with van der Waals surface area (Å²) in [4.78, 5) is 43.4. The fraction of sp³-hybridized carbons (Fsp3) is 0.436. The van der Waals surface area contributed by atoms with E-state index < -0.39 is 41.3 Å². The standard InChI is InChI=1S/C55H62O9/c1-35(2)45-25-23-36-17-19-39(20-18-36)31-41(22-21-38-13-10-14-40(30-38)29-37-11-6-5-7-12-37)32-48(57)61-51-49-47(64-55(3,44-15-8-9-16-44)52(51)63-53(45)58)26-24-42-33-46(54(59)62-50(42)49)43(27-28-56)34-60-4/h5-7,10-14,17-20,24,26,30,33,41,43-44,51-52,56H,8-9,15-16,21-23,25,27-29,31-32,34H2,1-4H3. The number of hydrogen-bond acceptors (Lipinski definition) is 9. The van der Waals surface area contributed by atoms with E-state index in [0.29, 0.717) is 53.5 Å². The van der Waals surface area contributed by atoms with Crippen LogP contribution in [0.25, 0.3) is 11.0 Å². The highest BCUT2D eigenvalue weighted by Gasteiger charge is 2.57. The Bertz CT molecular complexity index is 2510. The number of aryl methyl sites for hydroxylation is 2. The minimum absolute atomic E-state index is 0.00198. The van der Waals surface area contributed by atoms with E-state index in [1.54, 1.807) is 13.2 Å². The average molecular weight is 867 g/mol. The number of esters is 2. The van der Waals surface area contributed by atoms with E-state index in [2.05, 4.69) is 72.8 Å². The van der Waals surface area contributed by atoms with Crippen LogP contribution in [0.3, 0.4) is 0 Å². The molecule has 4 aliphatic rings. The summed E-state index contributed by atoms with van der Waals surface area (Å²) in [6, 6.07) is 33.1. The number of hydrogen-bond donors (Lipinski definition) is 1. The lowest BCUT2D eigenvalue weighted by Gasteiger charge is -2.48. The molecule has 1 N–H and O–H groups in total. The minimum atomic E-state index is -1.14. The molecule has 0 spiro atoms. The number of ether oxygens (including phenoxy) is 4. The molecule has 64 heavy (non-hydrogen) atoms. The first-order valence-electron chi connectivity index (χ1n) is 23.2. The normalized spacial score (nSPS) is 22.3. The van der Waals surface area contributed by atoms with Crippen LogP contribution in [-0.4, -0.2) is 49.1 Å². The van der Waals surface area contributed by atoms with Crippen molar-refractivity contribution in [2.24, 2.45) is 11.8 Å². The van der Waals surface area contributed by atoms with E-state index in [0.717, 1.165) is 61.6 Å². The van der Waals surface area contributed by atoms with E-state index in [9.17, 15) is 19.5 Å². The zero-order valence-electron chi connectivity index (χ0n) is 37.7. The van der Waals surface area contributed by atoms with E-state index in [1.165, 1.54) is 16.7 Å². The van der Waals surface area contributed by atoms with Gasteiger partial charge in [0.15, 0.2) is 12.2 Å². The van der Waals surface area contributed by atoms with Gasteiger partial charge >= 0.3 is 17.6 Å². The van der Waals surface area contributed by atoms with E-state index in [-0.39, 0.29) is 37.1 Å². The van der Waals surface area contributed by atoms with E-state index >= 15 is 0 Å². The molecule has 9 nitrogen and oxygen atoms in total. The highest BCUT2D eigenvalue weighted by molar-refractivity contribution is 5.90. The molecular weight excluding hydrogens is 805 g/mol. The first kappa shape index (κ1) is 45.1. The monoisotopic (exact) mass is 866 g/mol. The van der Waals surface area contributed by atoms with Crippen molar-refractivity contribution in [3.8, 4) is 5.75 Å². The predicted molar refractivity (Wildman–Crippen MR) is 247 cm³/mol. The molecule has 9 heteroatoms. The summed E-state index contributed by atoms with van der Waals surface area (Å²) in [5, 5.41) is 10.4. The zero-order chi connectivity index (χ0) is 44.8. The maximum absolute atomic E-state index is 14.8. The Hall–Kier alpha value is -5.51. The molecular formula is C55H62O9. The highest BCUT2D eigenvalue weighted by atomic mass is 16.6. The molecule has 5 atom stereocenters. The third kappa shape index (κ3) is 10.1. The molecule has 3 aliphatic heterocycles. The fourth-order valence-electron chi connectivity index (χ4n) is 10.4. The molecule has 4 aromatic carbocycles. The molecule has 336 valence electrons. The van der Waals surface area contributed by atoms with Crippen LogP contribution < -0.4 is 10.4 Å². The molecule has 5 unspecified atom stereocenters. The van der Waals surface area contributed by atoms with Crippen LogP contribution in [-0.2, 0) is 49.5 Å². The summed E-state index contributed by atoms with van der Waals surface area (Å²) in [7, 11) is 1.56. The number of methoxy groups -OCH3 is 1. The first-order valence-corrected chi connectivity index (χ1v) is 23.2. The van der Waals surface area contributed by atoms with Crippen molar-refractivity contribution in [3.63, 3.8) is 0 Å². The molecule has 1 fully saturated rings. The highest BCUT2D eigenvalue weighted by Crippen LogP contribution is 2.52. The third-order valence-electron chi connectivity index (χ3n) is 13.9. The van der Waals surface area contributed by atoms with Gasteiger partial charge in [-0.15, -0.1) is 0 Å². The van der Waals surface area contributed by atoms with Gasteiger partial charge in [0.25, 0.3) is 0 Å². The molecule has 4 heterocycles. The maximum atomic E-state index is 14.8. The average Bonchev–Trinajstić information content (AvgIpc) is 3.84. The van der Waals surface area contributed by atoms with Crippen LogP contribution in [0.2, 0.25) is 0 Å². The summed E-state index contributed by atoms with van der Waals surface area (Å²) in [5.74, 6) is -0.948. The van der Waals surface area contributed by atoms with Crippen LogP contribution in [0.4, 0.5) is 0 Å². The summed E-state index contributed by atoms with van der Waals surface area (Å²) in [6.45, 7) is 5.92. The zero-order valence-corrected chi connectivity index (χ0v) is 37.7. The third-order valence-corrected chi connectivity index (χ3v) is 13.9. The Morgan fingerprint density at radius 1 is 0.828 bits per heavy atom. The molecule has 0 radical (unpaired) electrons. The number of rotatable bonds is 11. The number of fused-ring (bicyclic) bond motifs is 13. The molecule has 9 rings (SSSR count). The van der Waals surface area contributed by atoms with Gasteiger partial charge in [0, 0.05) is 48.5 Å². The van der Waals surface area contributed by atoms with Crippen molar-refractivity contribution in [1.82, 2.24) is 0 Å². The van der Waals surface area contributed by atoms with E-state index in [4.69, 9.17) is 23.4 Å². The molecule has 2 bridgehead atoms. The van der Waals surface area contributed by atoms with Gasteiger partial charge < -0.3 is 28.5 Å². The first-order chi connectivity index (χ1) is 31.0. The van der Waals surface area contributed by atoms with Crippen LogP contribution >= 0.6 is 0 Å². The lowest BCUT2D eigenvalue weighted by Crippen LogP contribution is -2.58. The van der Waals surface area contributed by atoms with Gasteiger partial charge in [-0.1, -0.05) is 97.3 Å². The van der Waals surface area contributed by atoms with Crippen LogP contribution in [0.5, 0.6) is 5.75 Å². The molecule has 1 aromatic heterocycles. The van der Waals surface area contributed by atoms with Gasteiger partial charge in [0.05, 0.1) is 12.2 Å². The van der Waals surface area contributed by atoms with Gasteiger partial charge in [-0.2, -0.15) is 0 Å². The molecule has 1 aliphatic carbocycles. The van der Waals surface area contributed by atoms with Gasteiger partial charge in [-0.3, -0.25) is 4.79 Å². The largest absolute Gasteiger partial charge is 0.483 e.